The maximum absolute atomic E-state index is 12.9. The summed E-state index contributed by atoms with van der Waals surface area (Å²) < 4.78 is 5.23. The number of fused-ring (bicyclic) bond motifs is 1. The minimum absolute atomic E-state index is 0.0432. The summed E-state index contributed by atoms with van der Waals surface area (Å²) in [5.74, 6) is -0.540. The van der Waals surface area contributed by atoms with Crippen molar-refractivity contribution in [2.45, 2.75) is 27.2 Å². The molecular formula is C25H27N3O4. The lowest BCUT2D eigenvalue weighted by Crippen LogP contribution is -2.36. The van der Waals surface area contributed by atoms with Crippen molar-refractivity contribution in [1.29, 1.82) is 0 Å². The molecule has 7 nitrogen and oxygen atoms in total. The number of anilines is 1. The average Bonchev–Trinajstić information content (AvgIpc) is 3.14. The fourth-order valence-corrected chi connectivity index (χ4v) is 4.26. The molecule has 32 heavy (non-hydrogen) atoms. The molecule has 0 spiro atoms. The fraction of sp³-hybridized carbons (Fsp3) is 0.360. The van der Waals surface area contributed by atoms with E-state index < -0.39 is 5.92 Å². The molecule has 1 aromatic rings. The van der Waals surface area contributed by atoms with Crippen molar-refractivity contribution < 1.29 is 19.1 Å². The normalized spacial score (nSPS) is 24.1. The van der Waals surface area contributed by atoms with Crippen LogP contribution in [0.4, 0.5) is 5.69 Å². The molecule has 1 N–H and O–H groups in total. The van der Waals surface area contributed by atoms with Gasteiger partial charge in [0.1, 0.15) is 5.75 Å². The molecule has 3 aliphatic rings. The number of nitrogens with zero attached hydrogens (tertiary/aromatic N) is 2. The van der Waals surface area contributed by atoms with Crippen LogP contribution in [0.5, 0.6) is 5.75 Å². The summed E-state index contributed by atoms with van der Waals surface area (Å²) in [6.45, 7) is 6.49. The van der Waals surface area contributed by atoms with E-state index in [1.807, 2.05) is 18.2 Å². The SMILES string of the molecule is COc1cccc(N2CC(C(=O)N=C3C=CC4C(=C3)NC(=O)C=C4C(C)(C)C)CC2=O)c1. The first-order chi connectivity index (χ1) is 15.2. The second-order valence-electron chi connectivity index (χ2n) is 9.26. The van der Waals surface area contributed by atoms with Crippen LogP contribution in [0.2, 0.25) is 0 Å². The number of aliphatic imine (C=N–C) groups is 1. The maximum Gasteiger partial charge on any atom is 0.251 e. The van der Waals surface area contributed by atoms with Crippen LogP contribution in [-0.2, 0) is 14.4 Å². The van der Waals surface area contributed by atoms with Gasteiger partial charge in [0.05, 0.1) is 18.7 Å². The van der Waals surface area contributed by atoms with Crippen LogP contribution in [0.15, 0.2) is 64.8 Å². The molecule has 2 unspecified atom stereocenters. The molecule has 0 saturated carbocycles. The highest BCUT2D eigenvalue weighted by atomic mass is 16.5. The van der Waals surface area contributed by atoms with Gasteiger partial charge in [0, 0.05) is 42.4 Å². The van der Waals surface area contributed by atoms with Crippen LogP contribution in [0.3, 0.4) is 0 Å². The largest absolute Gasteiger partial charge is 0.497 e. The molecule has 1 fully saturated rings. The van der Waals surface area contributed by atoms with Crippen LogP contribution in [-0.4, -0.2) is 37.1 Å². The van der Waals surface area contributed by atoms with E-state index in [1.54, 1.807) is 42.4 Å². The smallest absolute Gasteiger partial charge is 0.251 e. The third-order valence-corrected chi connectivity index (χ3v) is 5.93. The molecule has 2 heterocycles. The Morgan fingerprint density at radius 1 is 1.22 bits per heavy atom. The lowest BCUT2D eigenvalue weighted by molar-refractivity contribution is -0.123. The fourth-order valence-electron chi connectivity index (χ4n) is 4.26. The maximum atomic E-state index is 12.9. The minimum Gasteiger partial charge on any atom is -0.497 e. The zero-order valence-electron chi connectivity index (χ0n) is 18.7. The van der Waals surface area contributed by atoms with E-state index in [0.29, 0.717) is 17.1 Å². The van der Waals surface area contributed by atoms with Gasteiger partial charge in [-0.05, 0) is 35.3 Å². The van der Waals surface area contributed by atoms with Crippen molar-refractivity contribution in [2.75, 3.05) is 18.6 Å². The number of allylic oxidation sites excluding steroid dienone is 3. The van der Waals surface area contributed by atoms with Crippen molar-refractivity contribution in [2.24, 2.45) is 22.2 Å². The number of carbonyl (C=O) groups is 3. The Morgan fingerprint density at radius 3 is 2.72 bits per heavy atom. The summed E-state index contributed by atoms with van der Waals surface area (Å²) in [6.07, 6.45) is 7.27. The van der Waals surface area contributed by atoms with Crippen LogP contribution in [0.1, 0.15) is 27.2 Å². The summed E-state index contributed by atoms with van der Waals surface area (Å²) in [5.41, 5.74) is 2.75. The van der Waals surface area contributed by atoms with Crippen LogP contribution < -0.4 is 15.0 Å². The molecular weight excluding hydrogens is 406 g/mol. The standard InChI is InChI=1S/C25H27N3O4/c1-25(2,3)20-13-22(29)27-21-11-16(8-9-19(20)21)26-24(31)15-10-23(30)28(14-15)17-6-5-7-18(12-17)32-4/h5-9,11-13,15,19H,10,14H2,1-4H3,(H,27,29). The van der Waals surface area contributed by atoms with Crippen LogP contribution >= 0.6 is 0 Å². The summed E-state index contributed by atoms with van der Waals surface area (Å²) in [5, 5.41) is 2.87. The van der Waals surface area contributed by atoms with Gasteiger partial charge < -0.3 is 15.0 Å². The minimum atomic E-state index is -0.517. The Bertz CT molecular complexity index is 1100. The lowest BCUT2D eigenvalue weighted by Gasteiger charge is -2.34. The van der Waals surface area contributed by atoms with Gasteiger partial charge >= 0.3 is 0 Å². The molecule has 0 radical (unpaired) electrons. The van der Waals surface area contributed by atoms with Crippen molar-refractivity contribution >= 4 is 29.1 Å². The topological polar surface area (TPSA) is 88.1 Å². The van der Waals surface area contributed by atoms with E-state index in [9.17, 15) is 14.4 Å². The van der Waals surface area contributed by atoms with Crippen LogP contribution in [0, 0.1) is 17.3 Å². The average molecular weight is 434 g/mol. The van der Waals surface area contributed by atoms with Gasteiger partial charge in [-0.15, -0.1) is 0 Å². The van der Waals surface area contributed by atoms with Crippen molar-refractivity contribution in [3.63, 3.8) is 0 Å². The van der Waals surface area contributed by atoms with Crippen molar-refractivity contribution in [1.82, 2.24) is 5.32 Å². The number of nitrogens with one attached hydrogen (secondary N) is 1. The first kappa shape index (κ1) is 21.7. The van der Waals surface area contributed by atoms with Gasteiger partial charge in [0.15, 0.2) is 0 Å². The number of ether oxygens (including phenoxy) is 1. The number of carbonyl (C=O) groups excluding carboxylic acids is 3. The predicted octanol–water partition coefficient (Wildman–Crippen LogP) is 3.19. The van der Waals surface area contributed by atoms with E-state index >= 15 is 0 Å². The summed E-state index contributed by atoms with van der Waals surface area (Å²) in [7, 11) is 1.57. The zero-order chi connectivity index (χ0) is 23.0. The number of hydrogen-bond acceptors (Lipinski definition) is 4. The first-order valence-corrected chi connectivity index (χ1v) is 10.7. The highest BCUT2D eigenvalue weighted by Gasteiger charge is 2.36. The number of benzene rings is 1. The predicted molar refractivity (Wildman–Crippen MR) is 122 cm³/mol. The Labute approximate surface area is 187 Å². The Balaban J connectivity index is 1.51. The molecule has 1 saturated heterocycles. The monoisotopic (exact) mass is 433 g/mol. The molecule has 2 atom stereocenters. The summed E-state index contributed by atoms with van der Waals surface area (Å²) in [6, 6.07) is 7.21. The summed E-state index contributed by atoms with van der Waals surface area (Å²) >= 11 is 0. The molecule has 2 aliphatic heterocycles. The number of amides is 3. The molecule has 0 aromatic heterocycles. The van der Waals surface area contributed by atoms with Crippen molar-refractivity contribution in [3.05, 3.63) is 59.8 Å². The highest BCUT2D eigenvalue weighted by molar-refractivity contribution is 6.12. The lowest BCUT2D eigenvalue weighted by atomic mass is 9.74. The number of rotatable bonds is 3. The first-order valence-electron chi connectivity index (χ1n) is 10.7. The molecule has 7 heteroatoms. The van der Waals surface area contributed by atoms with E-state index in [0.717, 1.165) is 11.3 Å². The highest BCUT2D eigenvalue weighted by Crippen LogP contribution is 2.38. The third-order valence-electron chi connectivity index (χ3n) is 5.93. The van der Waals surface area contributed by atoms with E-state index in [4.69, 9.17) is 4.74 Å². The van der Waals surface area contributed by atoms with Crippen molar-refractivity contribution in [3.8, 4) is 5.75 Å². The summed E-state index contributed by atoms with van der Waals surface area (Å²) in [4.78, 5) is 43.4. The van der Waals surface area contributed by atoms with Gasteiger partial charge in [-0.3, -0.25) is 14.4 Å². The molecule has 1 aromatic carbocycles. The zero-order valence-corrected chi connectivity index (χ0v) is 18.7. The molecule has 0 bridgehead atoms. The number of hydrogen-bond donors (Lipinski definition) is 1. The Kier molecular flexibility index (Phi) is 5.59. The molecule has 3 amide bonds. The second-order valence-corrected chi connectivity index (χ2v) is 9.26. The number of methoxy groups -OCH3 is 1. The third kappa shape index (κ3) is 4.28. The second kappa shape index (κ2) is 8.22. The van der Waals surface area contributed by atoms with E-state index in [2.05, 4.69) is 31.1 Å². The quantitative estimate of drug-likeness (QED) is 0.793. The van der Waals surface area contributed by atoms with E-state index in [1.165, 1.54) is 0 Å². The molecule has 1 aliphatic carbocycles. The van der Waals surface area contributed by atoms with E-state index in [-0.39, 0.29) is 42.0 Å². The molecule has 166 valence electrons. The van der Waals surface area contributed by atoms with Gasteiger partial charge in [-0.2, -0.15) is 0 Å². The Morgan fingerprint density at radius 2 is 2.00 bits per heavy atom. The van der Waals surface area contributed by atoms with Crippen LogP contribution in [0.25, 0.3) is 0 Å². The van der Waals surface area contributed by atoms with Gasteiger partial charge in [-0.25, -0.2) is 4.99 Å². The van der Waals surface area contributed by atoms with Gasteiger partial charge in [0.2, 0.25) is 11.8 Å². The molecule has 4 rings (SSSR count). The van der Waals surface area contributed by atoms with Gasteiger partial charge in [0.25, 0.3) is 5.91 Å². The van der Waals surface area contributed by atoms with Gasteiger partial charge in [-0.1, -0.05) is 32.9 Å². The Hall–Kier alpha value is -3.48.